The fraction of sp³-hybridized carbons (Fsp3) is 0.360. The lowest BCUT2D eigenvalue weighted by Gasteiger charge is -2.30. The maximum Gasteiger partial charge on any atom is 0.283 e. The van der Waals surface area contributed by atoms with Crippen LogP contribution < -0.4 is 4.74 Å². The zero-order chi connectivity index (χ0) is 23.7. The minimum Gasteiger partial charge on any atom is -0.492 e. The Bertz CT molecular complexity index is 1210. The van der Waals surface area contributed by atoms with E-state index in [-0.39, 0.29) is 11.4 Å². The molecule has 1 N–H and O–H groups in total. The third-order valence-corrected chi connectivity index (χ3v) is 7.21. The number of aromatic nitrogens is 1. The van der Waals surface area contributed by atoms with E-state index in [9.17, 15) is 4.79 Å². The SMILES string of the molecule is Cc1cccc(OCCn2cccc2/C=C2/C(=N)N3N=C(N4CCC(C)CC4)SC3=NC2=O)c1. The van der Waals surface area contributed by atoms with Crippen LogP contribution in [0.2, 0.25) is 0 Å². The van der Waals surface area contributed by atoms with Crippen LogP contribution in [0.1, 0.15) is 31.0 Å². The number of benzene rings is 1. The standard InChI is InChI=1S/C25H28N6O2S/c1-17-8-11-30(12-9-17)25-28-31-22(26)21(23(32)27-24(31)34-25)16-19-6-4-10-29(19)13-14-33-20-7-3-5-18(2)15-20/h3-7,10,15-17,26H,8-9,11-14H2,1-2H3/b21-16-,26-22?. The molecule has 0 atom stereocenters. The summed E-state index contributed by atoms with van der Waals surface area (Å²) in [7, 11) is 0. The number of piperidine rings is 1. The predicted octanol–water partition coefficient (Wildman–Crippen LogP) is 4.18. The van der Waals surface area contributed by atoms with Crippen LogP contribution in [0.4, 0.5) is 0 Å². The summed E-state index contributed by atoms with van der Waals surface area (Å²) in [6.45, 7) is 7.29. The summed E-state index contributed by atoms with van der Waals surface area (Å²) >= 11 is 1.37. The molecule has 9 heteroatoms. The molecule has 1 saturated heterocycles. The molecule has 1 amide bonds. The van der Waals surface area contributed by atoms with Gasteiger partial charge in [-0.2, -0.15) is 10.0 Å². The number of nitrogens with zero attached hydrogens (tertiary/aromatic N) is 5. The second kappa shape index (κ2) is 9.50. The Morgan fingerprint density at radius 3 is 2.82 bits per heavy atom. The van der Waals surface area contributed by atoms with Crippen LogP contribution in [-0.4, -0.2) is 56.3 Å². The molecule has 1 fully saturated rings. The summed E-state index contributed by atoms with van der Waals surface area (Å²) in [6.07, 6.45) is 5.91. The number of rotatable bonds is 5. The topological polar surface area (TPSA) is 86.3 Å². The molecule has 34 heavy (non-hydrogen) atoms. The summed E-state index contributed by atoms with van der Waals surface area (Å²) < 4.78 is 7.88. The summed E-state index contributed by atoms with van der Waals surface area (Å²) in [5.74, 6) is 1.21. The summed E-state index contributed by atoms with van der Waals surface area (Å²) in [5, 5.41) is 16.1. The zero-order valence-corrected chi connectivity index (χ0v) is 20.2. The summed E-state index contributed by atoms with van der Waals surface area (Å²) in [4.78, 5) is 19.3. The molecule has 4 heterocycles. The Labute approximate surface area is 203 Å². The van der Waals surface area contributed by atoms with Gasteiger partial charge in [-0.1, -0.05) is 19.1 Å². The normalized spacial score (nSPS) is 20.0. The fourth-order valence-electron chi connectivity index (χ4n) is 4.19. The number of carbonyl (C=O) groups is 1. The van der Waals surface area contributed by atoms with Gasteiger partial charge in [-0.15, -0.1) is 5.10 Å². The molecule has 0 radical (unpaired) electrons. The molecule has 3 aliphatic heterocycles. The molecular formula is C25H28N6O2S. The van der Waals surface area contributed by atoms with Crippen LogP contribution >= 0.6 is 11.8 Å². The Kier molecular flexibility index (Phi) is 6.28. The van der Waals surface area contributed by atoms with Gasteiger partial charge in [0.2, 0.25) is 5.17 Å². The fourth-order valence-corrected chi connectivity index (χ4v) is 5.13. The number of hydrogen-bond donors (Lipinski definition) is 1. The van der Waals surface area contributed by atoms with Crippen molar-refractivity contribution < 1.29 is 9.53 Å². The number of fused-ring (bicyclic) bond motifs is 1. The van der Waals surface area contributed by atoms with Gasteiger partial charge < -0.3 is 14.2 Å². The van der Waals surface area contributed by atoms with Gasteiger partial charge in [0.05, 0.1) is 12.1 Å². The molecule has 5 rings (SSSR count). The van der Waals surface area contributed by atoms with Crippen LogP contribution in [0.25, 0.3) is 6.08 Å². The van der Waals surface area contributed by atoms with E-state index in [1.807, 2.05) is 54.1 Å². The van der Waals surface area contributed by atoms with Crippen LogP contribution in [0.3, 0.4) is 0 Å². The van der Waals surface area contributed by atoms with Crippen molar-refractivity contribution in [2.45, 2.75) is 33.2 Å². The number of thioether (sulfide) groups is 1. The number of hydrazone groups is 1. The Balaban J connectivity index is 1.29. The lowest BCUT2D eigenvalue weighted by atomic mass is 10.00. The van der Waals surface area contributed by atoms with Crippen molar-refractivity contribution in [2.75, 3.05) is 19.7 Å². The molecule has 0 aliphatic carbocycles. The van der Waals surface area contributed by atoms with E-state index in [0.29, 0.717) is 18.3 Å². The molecule has 1 aromatic heterocycles. The highest BCUT2D eigenvalue weighted by Crippen LogP contribution is 2.31. The molecule has 0 spiro atoms. The first-order valence-electron chi connectivity index (χ1n) is 11.6. The molecule has 2 aromatic rings. The van der Waals surface area contributed by atoms with Gasteiger partial charge in [-0.3, -0.25) is 10.2 Å². The van der Waals surface area contributed by atoms with Crippen molar-refractivity contribution in [3.8, 4) is 5.75 Å². The van der Waals surface area contributed by atoms with Crippen molar-refractivity contribution in [2.24, 2.45) is 16.0 Å². The van der Waals surface area contributed by atoms with Crippen LogP contribution in [0, 0.1) is 18.3 Å². The average molecular weight is 477 g/mol. The molecular weight excluding hydrogens is 448 g/mol. The number of carbonyl (C=O) groups excluding carboxylic acids is 1. The number of hydrogen-bond acceptors (Lipinski definition) is 6. The molecule has 8 nitrogen and oxygen atoms in total. The Hall–Kier alpha value is -3.33. The molecule has 1 aromatic carbocycles. The van der Waals surface area contributed by atoms with E-state index in [1.165, 1.54) is 16.8 Å². The van der Waals surface area contributed by atoms with Gasteiger partial charge >= 0.3 is 0 Å². The molecule has 0 unspecified atom stereocenters. The van der Waals surface area contributed by atoms with Crippen molar-refractivity contribution in [1.29, 1.82) is 5.41 Å². The maximum absolute atomic E-state index is 12.8. The van der Waals surface area contributed by atoms with Crippen LogP contribution in [0.15, 0.2) is 58.3 Å². The van der Waals surface area contributed by atoms with Gasteiger partial charge in [0.25, 0.3) is 5.91 Å². The number of likely N-dealkylation sites (tertiary alicyclic amines) is 1. The maximum atomic E-state index is 12.8. The second-order valence-corrected chi connectivity index (χ2v) is 9.80. The largest absolute Gasteiger partial charge is 0.492 e. The highest BCUT2D eigenvalue weighted by atomic mass is 32.2. The third-order valence-electron chi connectivity index (χ3n) is 6.25. The number of amides is 1. The van der Waals surface area contributed by atoms with E-state index in [1.54, 1.807) is 6.08 Å². The summed E-state index contributed by atoms with van der Waals surface area (Å²) in [6, 6.07) is 11.8. The second-order valence-electron chi connectivity index (χ2n) is 8.86. The van der Waals surface area contributed by atoms with E-state index < -0.39 is 5.91 Å². The third kappa shape index (κ3) is 4.65. The lowest BCUT2D eigenvalue weighted by molar-refractivity contribution is -0.114. The first-order chi connectivity index (χ1) is 16.5. The predicted molar refractivity (Wildman–Crippen MR) is 136 cm³/mol. The number of aliphatic imine (C=N–C) groups is 1. The number of ether oxygens (including phenoxy) is 1. The van der Waals surface area contributed by atoms with Crippen molar-refractivity contribution in [3.63, 3.8) is 0 Å². The average Bonchev–Trinajstić information content (AvgIpc) is 3.44. The summed E-state index contributed by atoms with van der Waals surface area (Å²) in [5.41, 5.74) is 2.21. The number of amidine groups is 3. The minimum atomic E-state index is -0.406. The molecule has 0 saturated carbocycles. The minimum absolute atomic E-state index is 0.0617. The van der Waals surface area contributed by atoms with E-state index in [4.69, 9.17) is 10.1 Å². The van der Waals surface area contributed by atoms with E-state index in [2.05, 4.69) is 21.9 Å². The number of nitrogens with one attached hydrogen (secondary N) is 1. The van der Waals surface area contributed by atoms with Gasteiger partial charge in [-0.05, 0) is 73.4 Å². The van der Waals surface area contributed by atoms with Gasteiger partial charge in [0.15, 0.2) is 11.0 Å². The molecule has 0 bridgehead atoms. The van der Waals surface area contributed by atoms with Gasteiger partial charge in [0, 0.05) is 25.0 Å². The smallest absolute Gasteiger partial charge is 0.283 e. The Morgan fingerprint density at radius 1 is 1.21 bits per heavy atom. The van der Waals surface area contributed by atoms with Crippen LogP contribution in [-0.2, 0) is 11.3 Å². The highest BCUT2D eigenvalue weighted by Gasteiger charge is 2.37. The van der Waals surface area contributed by atoms with E-state index >= 15 is 0 Å². The van der Waals surface area contributed by atoms with Crippen molar-refractivity contribution in [3.05, 3.63) is 59.4 Å². The zero-order valence-electron chi connectivity index (χ0n) is 19.4. The van der Waals surface area contributed by atoms with Gasteiger partial charge in [0.1, 0.15) is 12.4 Å². The van der Waals surface area contributed by atoms with Crippen molar-refractivity contribution in [1.82, 2.24) is 14.5 Å². The van der Waals surface area contributed by atoms with Crippen LogP contribution in [0.5, 0.6) is 5.75 Å². The first kappa shape index (κ1) is 22.5. The lowest BCUT2D eigenvalue weighted by Crippen LogP contribution is -2.36. The highest BCUT2D eigenvalue weighted by molar-refractivity contribution is 8.26. The van der Waals surface area contributed by atoms with E-state index in [0.717, 1.165) is 54.0 Å². The first-order valence-corrected chi connectivity index (χ1v) is 12.4. The molecule has 3 aliphatic rings. The van der Waals surface area contributed by atoms with Gasteiger partial charge in [-0.25, -0.2) is 0 Å². The number of aryl methyl sites for hydroxylation is 1. The molecule has 176 valence electrons. The Morgan fingerprint density at radius 2 is 2.03 bits per heavy atom. The quantitative estimate of drug-likeness (QED) is 0.654. The monoisotopic (exact) mass is 476 g/mol. The van der Waals surface area contributed by atoms with Crippen molar-refractivity contribution >= 4 is 39.9 Å².